The molecule has 1 saturated carbocycles. The first-order valence-corrected chi connectivity index (χ1v) is 13.4. The van der Waals surface area contributed by atoms with Crippen molar-refractivity contribution in [2.75, 3.05) is 0 Å². The lowest BCUT2D eigenvalue weighted by molar-refractivity contribution is -0.151. The van der Waals surface area contributed by atoms with Gasteiger partial charge in [0.1, 0.15) is 6.61 Å². The number of fused-ring (bicyclic) bond motifs is 4. The van der Waals surface area contributed by atoms with Crippen molar-refractivity contribution >= 4 is 43.8 Å². The lowest BCUT2D eigenvalue weighted by atomic mass is 9.79. The van der Waals surface area contributed by atoms with E-state index in [0.717, 1.165) is 72.3 Å². The van der Waals surface area contributed by atoms with E-state index in [1.807, 2.05) is 18.2 Å². The van der Waals surface area contributed by atoms with Gasteiger partial charge in [0, 0.05) is 22.6 Å². The average molecular weight is 480 g/mol. The maximum Gasteiger partial charge on any atom is 0.310 e. The van der Waals surface area contributed by atoms with Gasteiger partial charge in [-0.2, -0.15) is 0 Å². The first kappa shape index (κ1) is 21.0. The number of ether oxygens (including phenoxy) is 1. The Balaban J connectivity index is 1.21. The molecule has 0 aliphatic heterocycles. The fourth-order valence-electron chi connectivity index (χ4n) is 5.22. The molecule has 0 radical (unpaired) electrons. The van der Waals surface area contributed by atoms with Gasteiger partial charge in [0.2, 0.25) is 0 Å². The van der Waals surface area contributed by atoms with E-state index in [2.05, 4.69) is 11.1 Å². The predicted octanol–water partition coefficient (Wildman–Crippen LogP) is 5.26. The molecule has 0 amide bonds. The quantitative estimate of drug-likeness (QED) is 0.373. The summed E-state index contributed by atoms with van der Waals surface area (Å²) in [7, 11) is 0. The van der Waals surface area contributed by atoms with Crippen molar-refractivity contribution in [2.45, 2.75) is 63.9 Å². The monoisotopic (exact) mass is 479 g/mol. The number of aromatic nitrogens is 3. The maximum atomic E-state index is 13.1. The molecule has 0 N–H and O–H groups in total. The number of rotatable bonds is 4. The Labute approximate surface area is 199 Å². The molecule has 1 fully saturated rings. The van der Waals surface area contributed by atoms with Crippen LogP contribution in [0.5, 0.6) is 0 Å². The number of thiazole rings is 2. The van der Waals surface area contributed by atoms with E-state index in [4.69, 9.17) is 9.72 Å². The number of hydrogen-bond acceptors (Lipinski definition) is 7. The lowest BCUT2D eigenvalue weighted by Gasteiger charge is -2.28. The van der Waals surface area contributed by atoms with Gasteiger partial charge in [-0.3, -0.25) is 14.0 Å². The van der Waals surface area contributed by atoms with E-state index in [9.17, 15) is 9.59 Å². The first-order chi connectivity index (χ1) is 16.2. The summed E-state index contributed by atoms with van der Waals surface area (Å²) in [5.41, 5.74) is 2.56. The van der Waals surface area contributed by atoms with Gasteiger partial charge in [0.15, 0.2) is 4.96 Å². The third-order valence-corrected chi connectivity index (χ3v) is 9.18. The molecule has 0 spiro atoms. The maximum absolute atomic E-state index is 13.1. The van der Waals surface area contributed by atoms with Crippen LogP contribution in [-0.4, -0.2) is 20.3 Å². The van der Waals surface area contributed by atoms with E-state index >= 15 is 0 Å². The third-order valence-electron chi connectivity index (χ3n) is 6.87. The van der Waals surface area contributed by atoms with Crippen LogP contribution in [0.2, 0.25) is 0 Å². The van der Waals surface area contributed by atoms with E-state index in [1.165, 1.54) is 10.9 Å². The molecular weight excluding hydrogens is 454 g/mol. The van der Waals surface area contributed by atoms with Crippen LogP contribution in [0, 0.1) is 5.92 Å². The SMILES string of the molecule is O=C(OCc1cc(=O)n2c3c(sc2n1)CCCC3)[C@H]1CCCC[C@@H]1c1nc2ccccc2s1. The average Bonchev–Trinajstić information content (AvgIpc) is 3.44. The first-order valence-electron chi connectivity index (χ1n) is 11.7. The standard InChI is InChI=1S/C25H25N3O3S2/c29-22-13-15(26-25-28(22)19-10-4-6-12-21(19)33-25)14-31-24(30)17-8-2-1-7-16(17)23-27-18-9-3-5-11-20(18)32-23/h3,5,9,11,13,16-17H,1-2,4,6-8,10,12,14H2/t16-,17-/m0/s1. The van der Waals surface area contributed by atoms with Crippen LogP contribution in [0.25, 0.3) is 15.2 Å². The Hall–Kier alpha value is -2.58. The predicted molar refractivity (Wildman–Crippen MR) is 130 cm³/mol. The number of para-hydroxylation sites is 1. The van der Waals surface area contributed by atoms with E-state index < -0.39 is 0 Å². The van der Waals surface area contributed by atoms with Crippen LogP contribution in [0.4, 0.5) is 0 Å². The summed E-state index contributed by atoms with van der Waals surface area (Å²) in [4.78, 5) is 37.4. The van der Waals surface area contributed by atoms with Gasteiger partial charge in [-0.05, 0) is 50.7 Å². The molecule has 8 heteroatoms. The number of carbonyl (C=O) groups is 1. The van der Waals surface area contributed by atoms with E-state index in [1.54, 1.807) is 27.1 Å². The number of aryl methyl sites for hydroxylation is 2. The zero-order valence-corrected chi connectivity index (χ0v) is 19.9. The second-order valence-corrected chi connectivity index (χ2v) is 11.1. The lowest BCUT2D eigenvalue weighted by Crippen LogP contribution is -2.28. The van der Waals surface area contributed by atoms with Crippen molar-refractivity contribution in [2.24, 2.45) is 5.92 Å². The van der Waals surface area contributed by atoms with Crippen molar-refractivity contribution in [3.8, 4) is 0 Å². The summed E-state index contributed by atoms with van der Waals surface area (Å²) in [6.07, 6.45) is 8.11. The number of nitrogens with zero attached hydrogens (tertiary/aromatic N) is 3. The van der Waals surface area contributed by atoms with Gasteiger partial charge in [-0.15, -0.1) is 22.7 Å². The molecule has 4 aromatic rings. The summed E-state index contributed by atoms with van der Waals surface area (Å²) in [6.45, 7) is 0.0379. The molecule has 2 aliphatic carbocycles. The van der Waals surface area contributed by atoms with Gasteiger partial charge in [-0.1, -0.05) is 25.0 Å². The Morgan fingerprint density at radius 3 is 2.82 bits per heavy atom. The summed E-state index contributed by atoms with van der Waals surface area (Å²) in [5, 5.41) is 1.03. The van der Waals surface area contributed by atoms with Crippen LogP contribution < -0.4 is 5.56 Å². The molecule has 3 aromatic heterocycles. The van der Waals surface area contributed by atoms with Crippen LogP contribution >= 0.6 is 22.7 Å². The molecule has 3 heterocycles. The second-order valence-electron chi connectivity index (χ2n) is 9.01. The molecule has 0 unspecified atom stereocenters. The highest BCUT2D eigenvalue weighted by molar-refractivity contribution is 7.18. The number of benzene rings is 1. The van der Waals surface area contributed by atoms with E-state index in [0.29, 0.717) is 10.7 Å². The fraction of sp³-hybridized carbons (Fsp3) is 0.440. The molecule has 0 saturated heterocycles. The molecule has 6 nitrogen and oxygen atoms in total. The van der Waals surface area contributed by atoms with Crippen LogP contribution in [0.1, 0.15) is 65.7 Å². The van der Waals surface area contributed by atoms with Crippen molar-refractivity contribution < 1.29 is 9.53 Å². The summed E-state index contributed by atoms with van der Waals surface area (Å²) >= 11 is 3.28. The highest BCUT2D eigenvalue weighted by Gasteiger charge is 2.35. The Kier molecular flexibility index (Phi) is 5.50. The van der Waals surface area contributed by atoms with E-state index in [-0.39, 0.29) is 30.0 Å². The zero-order chi connectivity index (χ0) is 22.4. The fourth-order valence-corrected chi connectivity index (χ4v) is 7.62. The molecule has 2 atom stereocenters. The number of carbonyl (C=O) groups excluding carboxylic acids is 1. The summed E-state index contributed by atoms with van der Waals surface area (Å²) in [6, 6.07) is 9.64. The van der Waals surface area contributed by atoms with Crippen molar-refractivity contribution in [3.05, 3.63) is 62.0 Å². The Morgan fingerprint density at radius 2 is 1.91 bits per heavy atom. The van der Waals surface area contributed by atoms with Crippen LogP contribution in [0.15, 0.2) is 35.1 Å². The van der Waals surface area contributed by atoms with Crippen molar-refractivity contribution in [1.29, 1.82) is 0 Å². The van der Waals surface area contributed by atoms with Crippen molar-refractivity contribution in [3.63, 3.8) is 0 Å². The Bertz CT molecular complexity index is 1370. The number of esters is 1. The molecule has 170 valence electrons. The minimum atomic E-state index is -0.202. The Morgan fingerprint density at radius 1 is 1.06 bits per heavy atom. The normalized spacial score (nSPS) is 20.7. The van der Waals surface area contributed by atoms with Gasteiger partial charge < -0.3 is 4.74 Å². The molecule has 0 bridgehead atoms. The van der Waals surface area contributed by atoms with Gasteiger partial charge in [-0.25, -0.2) is 9.97 Å². The smallest absolute Gasteiger partial charge is 0.310 e. The minimum absolute atomic E-state index is 0.0379. The topological polar surface area (TPSA) is 73.6 Å². The molecule has 2 aliphatic rings. The minimum Gasteiger partial charge on any atom is -0.459 e. The largest absolute Gasteiger partial charge is 0.459 e. The molecule has 1 aromatic carbocycles. The van der Waals surface area contributed by atoms with Gasteiger partial charge in [0.05, 0.1) is 26.8 Å². The highest BCUT2D eigenvalue weighted by Crippen LogP contribution is 2.41. The third kappa shape index (κ3) is 3.89. The van der Waals surface area contributed by atoms with Crippen LogP contribution in [-0.2, 0) is 29.0 Å². The highest BCUT2D eigenvalue weighted by atomic mass is 32.1. The van der Waals surface area contributed by atoms with Crippen LogP contribution in [0.3, 0.4) is 0 Å². The number of hydrogen-bond donors (Lipinski definition) is 0. The van der Waals surface area contributed by atoms with Crippen molar-refractivity contribution in [1.82, 2.24) is 14.4 Å². The zero-order valence-electron chi connectivity index (χ0n) is 18.3. The second kappa shape index (κ2) is 8.65. The summed E-state index contributed by atoms with van der Waals surface area (Å²) in [5.74, 6) is -0.307. The van der Waals surface area contributed by atoms with Gasteiger partial charge >= 0.3 is 5.97 Å². The molecule has 33 heavy (non-hydrogen) atoms. The summed E-state index contributed by atoms with van der Waals surface area (Å²) < 4.78 is 8.63. The molecular formula is C25H25N3O3S2. The molecule has 6 rings (SSSR count). The van der Waals surface area contributed by atoms with Gasteiger partial charge in [0.25, 0.3) is 5.56 Å².